The molecule has 0 aromatic heterocycles. The van der Waals surface area contributed by atoms with Crippen LogP contribution in [-0.2, 0) is 14.8 Å². The molecule has 0 saturated heterocycles. The third-order valence-corrected chi connectivity index (χ3v) is 5.80. The zero-order valence-corrected chi connectivity index (χ0v) is 15.9. The molecule has 0 heterocycles. The summed E-state index contributed by atoms with van der Waals surface area (Å²) >= 11 is 0. The Morgan fingerprint density at radius 1 is 1.12 bits per heavy atom. The third-order valence-electron chi connectivity index (χ3n) is 3.96. The van der Waals surface area contributed by atoms with Crippen molar-refractivity contribution in [3.63, 3.8) is 0 Å². The van der Waals surface area contributed by atoms with E-state index < -0.39 is 10.0 Å². The maximum Gasteiger partial charge on any atom is 0.264 e. The van der Waals surface area contributed by atoms with Crippen LogP contribution in [0.3, 0.4) is 0 Å². The molecule has 26 heavy (non-hydrogen) atoms. The zero-order valence-electron chi connectivity index (χ0n) is 15.1. The molecule has 1 amide bonds. The average molecular weight is 375 g/mol. The number of aryl methyl sites for hydroxylation is 1. The minimum Gasteiger partial charge on any atom is -0.352 e. The van der Waals surface area contributed by atoms with Crippen LogP contribution in [0.1, 0.15) is 18.9 Å². The van der Waals surface area contributed by atoms with Crippen molar-refractivity contribution in [1.82, 2.24) is 5.32 Å². The molecule has 0 radical (unpaired) electrons. The highest BCUT2D eigenvalue weighted by Crippen LogP contribution is 2.24. The molecule has 0 aliphatic heterocycles. The van der Waals surface area contributed by atoms with Gasteiger partial charge in [-0.05, 0) is 38.1 Å². The highest BCUT2D eigenvalue weighted by Gasteiger charge is 2.25. The highest BCUT2D eigenvalue weighted by molar-refractivity contribution is 7.92. The fourth-order valence-corrected chi connectivity index (χ4v) is 3.91. The molecule has 0 fully saturated rings. The predicted molar refractivity (Wildman–Crippen MR) is 103 cm³/mol. The van der Waals surface area contributed by atoms with E-state index in [1.165, 1.54) is 4.31 Å². The van der Waals surface area contributed by atoms with Gasteiger partial charge in [0.2, 0.25) is 5.91 Å². The van der Waals surface area contributed by atoms with Crippen molar-refractivity contribution in [3.8, 4) is 0 Å². The second kappa shape index (κ2) is 8.82. The smallest absolute Gasteiger partial charge is 0.264 e. The van der Waals surface area contributed by atoms with E-state index >= 15 is 0 Å². The number of rotatable bonds is 8. The summed E-state index contributed by atoms with van der Waals surface area (Å²) in [6.07, 6.45) is 0.0459. The number of amides is 1. The van der Waals surface area contributed by atoms with Crippen molar-refractivity contribution < 1.29 is 13.2 Å². The van der Waals surface area contributed by atoms with Gasteiger partial charge in [0.25, 0.3) is 10.0 Å². The normalized spacial score (nSPS) is 12.4. The van der Waals surface area contributed by atoms with Crippen molar-refractivity contribution in [2.45, 2.75) is 31.2 Å². The molecule has 2 aromatic carbocycles. The summed E-state index contributed by atoms with van der Waals surface area (Å²) in [6, 6.07) is 15.2. The summed E-state index contributed by atoms with van der Waals surface area (Å²) in [5, 5.41) is 2.75. The molecule has 0 saturated carbocycles. The van der Waals surface area contributed by atoms with E-state index in [-0.39, 0.29) is 29.8 Å². The van der Waals surface area contributed by atoms with Gasteiger partial charge in [0, 0.05) is 25.6 Å². The molecule has 0 unspecified atom stereocenters. The SMILES string of the molecule is Cc1ccc(N(CCC(=O)N[C@@H](C)CN)S(=O)(=O)c2ccccc2)cc1. The Kier molecular flexibility index (Phi) is 6.76. The number of carbonyl (C=O) groups is 1. The first-order valence-electron chi connectivity index (χ1n) is 8.48. The van der Waals surface area contributed by atoms with Gasteiger partial charge in [-0.25, -0.2) is 8.42 Å². The fourth-order valence-electron chi connectivity index (χ4n) is 2.43. The molecule has 0 aliphatic rings. The van der Waals surface area contributed by atoms with Gasteiger partial charge < -0.3 is 11.1 Å². The van der Waals surface area contributed by atoms with Crippen molar-refractivity contribution in [1.29, 1.82) is 0 Å². The second-order valence-corrected chi connectivity index (χ2v) is 8.04. The predicted octanol–water partition coefficient (Wildman–Crippen LogP) is 2.04. The topological polar surface area (TPSA) is 92.5 Å². The van der Waals surface area contributed by atoms with E-state index in [4.69, 9.17) is 5.73 Å². The number of sulfonamides is 1. The van der Waals surface area contributed by atoms with Crippen LogP contribution in [0.4, 0.5) is 5.69 Å². The van der Waals surface area contributed by atoms with Crippen molar-refractivity contribution in [3.05, 3.63) is 60.2 Å². The minimum atomic E-state index is -3.77. The van der Waals surface area contributed by atoms with Gasteiger partial charge in [-0.3, -0.25) is 9.10 Å². The van der Waals surface area contributed by atoms with Gasteiger partial charge in [0.1, 0.15) is 0 Å². The molecule has 0 bridgehead atoms. The monoisotopic (exact) mass is 375 g/mol. The number of carbonyl (C=O) groups excluding carboxylic acids is 1. The summed E-state index contributed by atoms with van der Waals surface area (Å²) < 4.78 is 27.4. The number of nitrogens with two attached hydrogens (primary N) is 1. The number of benzene rings is 2. The van der Waals surface area contributed by atoms with Crippen LogP contribution < -0.4 is 15.4 Å². The van der Waals surface area contributed by atoms with Crippen LogP contribution in [0.15, 0.2) is 59.5 Å². The van der Waals surface area contributed by atoms with Crippen LogP contribution in [0.25, 0.3) is 0 Å². The molecule has 2 rings (SSSR count). The van der Waals surface area contributed by atoms with Crippen LogP contribution in [0.5, 0.6) is 0 Å². The second-order valence-electron chi connectivity index (χ2n) is 6.18. The van der Waals surface area contributed by atoms with E-state index in [1.54, 1.807) is 49.4 Å². The van der Waals surface area contributed by atoms with Crippen molar-refractivity contribution in [2.24, 2.45) is 5.73 Å². The summed E-state index contributed by atoms with van der Waals surface area (Å²) in [5.41, 5.74) is 7.06. The lowest BCUT2D eigenvalue weighted by Gasteiger charge is -2.25. The van der Waals surface area contributed by atoms with E-state index in [9.17, 15) is 13.2 Å². The minimum absolute atomic E-state index is 0.0451. The first kappa shape index (κ1) is 19.9. The number of nitrogens with zero attached hydrogens (tertiary/aromatic N) is 1. The van der Waals surface area contributed by atoms with Gasteiger partial charge in [0.05, 0.1) is 10.6 Å². The lowest BCUT2D eigenvalue weighted by molar-refractivity contribution is -0.121. The molecule has 6 nitrogen and oxygen atoms in total. The summed E-state index contributed by atoms with van der Waals surface area (Å²) in [4.78, 5) is 12.3. The maximum atomic E-state index is 13.1. The van der Waals surface area contributed by atoms with Crippen LogP contribution in [0.2, 0.25) is 0 Å². The third kappa shape index (κ3) is 5.06. The Labute approximate surface area is 155 Å². The molecule has 3 N–H and O–H groups in total. The molecular formula is C19H25N3O3S. The average Bonchev–Trinajstić information content (AvgIpc) is 2.63. The summed E-state index contributed by atoms with van der Waals surface area (Å²) in [5.74, 6) is -0.233. The van der Waals surface area contributed by atoms with Crippen LogP contribution in [-0.4, -0.2) is 33.5 Å². The number of hydrogen-bond acceptors (Lipinski definition) is 4. The summed E-state index contributed by atoms with van der Waals surface area (Å²) in [6.45, 7) is 4.11. The van der Waals surface area contributed by atoms with E-state index in [2.05, 4.69) is 5.32 Å². The molecule has 1 atom stereocenters. The fraction of sp³-hybridized carbons (Fsp3) is 0.316. The van der Waals surface area contributed by atoms with Crippen molar-refractivity contribution >= 4 is 21.6 Å². The van der Waals surface area contributed by atoms with Gasteiger partial charge in [-0.1, -0.05) is 35.9 Å². The molecule has 2 aromatic rings. The van der Waals surface area contributed by atoms with Crippen molar-refractivity contribution in [2.75, 3.05) is 17.4 Å². The van der Waals surface area contributed by atoms with Crippen LogP contribution in [0, 0.1) is 6.92 Å². The Bertz CT molecular complexity index is 821. The zero-order chi connectivity index (χ0) is 19.2. The standard InChI is InChI=1S/C19H25N3O3S/c1-15-8-10-17(11-9-15)22(13-12-19(23)21-16(2)14-20)26(24,25)18-6-4-3-5-7-18/h3-11,16H,12-14,20H2,1-2H3,(H,21,23)/t16-/m0/s1. The molecule has 0 spiro atoms. The Morgan fingerprint density at radius 2 is 1.73 bits per heavy atom. The van der Waals surface area contributed by atoms with E-state index in [1.807, 2.05) is 19.1 Å². The highest BCUT2D eigenvalue weighted by atomic mass is 32.2. The Hall–Kier alpha value is -2.38. The first-order chi connectivity index (χ1) is 12.3. The molecular weight excluding hydrogens is 350 g/mol. The summed E-state index contributed by atoms with van der Waals surface area (Å²) in [7, 11) is -3.77. The Morgan fingerprint density at radius 3 is 2.31 bits per heavy atom. The molecule has 0 aliphatic carbocycles. The van der Waals surface area contributed by atoms with Gasteiger partial charge in [0.15, 0.2) is 0 Å². The van der Waals surface area contributed by atoms with E-state index in [0.717, 1.165) is 5.56 Å². The molecule has 140 valence electrons. The first-order valence-corrected chi connectivity index (χ1v) is 9.92. The van der Waals surface area contributed by atoms with E-state index in [0.29, 0.717) is 12.2 Å². The quantitative estimate of drug-likeness (QED) is 0.738. The lowest BCUT2D eigenvalue weighted by Crippen LogP contribution is -2.40. The lowest BCUT2D eigenvalue weighted by atomic mass is 10.2. The molecule has 7 heteroatoms. The number of nitrogens with one attached hydrogen (secondary N) is 1. The number of anilines is 1. The Balaban J connectivity index is 2.28. The van der Waals surface area contributed by atoms with Gasteiger partial charge in [-0.2, -0.15) is 0 Å². The number of hydrogen-bond donors (Lipinski definition) is 2. The van der Waals surface area contributed by atoms with Crippen LogP contribution >= 0.6 is 0 Å². The maximum absolute atomic E-state index is 13.1. The largest absolute Gasteiger partial charge is 0.352 e. The van der Waals surface area contributed by atoms with Gasteiger partial charge >= 0.3 is 0 Å². The van der Waals surface area contributed by atoms with Gasteiger partial charge in [-0.15, -0.1) is 0 Å².